The first-order valence-corrected chi connectivity index (χ1v) is 11.6. The average Bonchev–Trinajstić information content (AvgIpc) is 2.66. The molecule has 0 aromatic heterocycles. The zero-order valence-corrected chi connectivity index (χ0v) is 18.3. The molecule has 2 saturated heterocycles. The highest BCUT2D eigenvalue weighted by molar-refractivity contribution is 7.89. The molecule has 0 saturated carbocycles. The van der Waals surface area contributed by atoms with Crippen molar-refractivity contribution in [1.29, 1.82) is 0 Å². The van der Waals surface area contributed by atoms with Gasteiger partial charge in [0.15, 0.2) is 0 Å². The van der Waals surface area contributed by atoms with Gasteiger partial charge < -0.3 is 4.74 Å². The van der Waals surface area contributed by atoms with Crippen LogP contribution < -0.4 is 0 Å². The van der Waals surface area contributed by atoms with Gasteiger partial charge in [0.2, 0.25) is 10.0 Å². The van der Waals surface area contributed by atoms with E-state index in [-0.39, 0.29) is 0 Å². The Morgan fingerprint density at radius 3 is 1.93 bits per heavy atom. The Kier molecular flexibility index (Phi) is 6.31. The van der Waals surface area contributed by atoms with Gasteiger partial charge in [0.05, 0.1) is 11.0 Å². The fraction of sp³-hybridized carbons (Fsp3) is 0.714. The summed E-state index contributed by atoms with van der Waals surface area (Å²) in [5.74, 6) is 0. The van der Waals surface area contributed by atoms with Crippen molar-refractivity contribution in [2.45, 2.75) is 64.9 Å². The van der Waals surface area contributed by atoms with Crippen LogP contribution in [-0.2, 0) is 14.8 Å². The Balaban J connectivity index is 1.74. The van der Waals surface area contributed by atoms with Crippen molar-refractivity contribution < 1.29 is 13.2 Å². The fourth-order valence-electron chi connectivity index (χ4n) is 4.37. The molecule has 6 heteroatoms. The molecule has 1 aromatic rings. The van der Waals surface area contributed by atoms with E-state index in [1.807, 2.05) is 27.7 Å². The Bertz CT molecular complexity index is 761. The van der Waals surface area contributed by atoms with Crippen molar-refractivity contribution in [3.05, 3.63) is 27.8 Å². The van der Waals surface area contributed by atoms with Gasteiger partial charge >= 0.3 is 0 Å². The van der Waals surface area contributed by atoms with Crippen molar-refractivity contribution in [2.24, 2.45) is 0 Å². The first-order valence-electron chi connectivity index (χ1n) is 10.1. The smallest absolute Gasteiger partial charge is 0.243 e. The summed E-state index contributed by atoms with van der Waals surface area (Å²) in [4.78, 5) is 2.88. The molecule has 0 unspecified atom stereocenters. The zero-order valence-electron chi connectivity index (χ0n) is 17.5. The summed E-state index contributed by atoms with van der Waals surface area (Å²) in [6, 6.07) is 0. The van der Waals surface area contributed by atoms with Crippen molar-refractivity contribution in [2.75, 3.05) is 39.3 Å². The van der Waals surface area contributed by atoms with Crippen molar-refractivity contribution >= 4 is 10.0 Å². The van der Waals surface area contributed by atoms with Crippen molar-refractivity contribution in [1.82, 2.24) is 9.21 Å². The van der Waals surface area contributed by atoms with Gasteiger partial charge in [-0.1, -0.05) is 0 Å². The highest BCUT2D eigenvalue weighted by Crippen LogP contribution is 2.32. The van der Waals surface area contributed by atoms with Crippen LogP contribution in [0.3, 0.4) is 0 Å². The molecule has 3 rings (SSSR count). The molecule has 0 amide bonds. The predicted octanol–water partition coefficient (Wildman–Crippen LogP) is 3.10. The summed E-state index contributed by atoms with van der Waals surface area (Å²) in [7, 11) is -3.47. The Morgan fingerprint density at radius 2 is 1.41 bits per heavy atom. The van der Waals surface area contributed by atoms with E-state index in [0.717, 1.165) is 61.3 Å². The Morgan fingerprint density at radius 1 is 0.852 bits per heavy atom. The number of nitrogens with zero attached hydrogens (tertiary/aromatic N) is 2. The summed E-state index contributed by atoms with van der Waals surface area (Å²) in [6.07, 6.45) is 3.84. The van der Waals surface area contributed by atoms with Crippen molar-refractivity contribution in [3.63, 3.8) is 0 Å². The molecule has 5 nitrogen and oxygen atoms in total. The van der Waals surface area contributed by atoms with Crippen LogP contribution in [0.5, 0.6) is 0 Å². The molecule has 152 valence electrons. The molecule has 0 radical (unpaired) electrons. The van der Waals surface area contributed by atoms with Crippen LogP contribution in [0, 0.1) is 34.6 Å². The zero-order chi connectivity index (χ0) is 19.8. The summed E-state index contributed by atoms with van der Waals surface area (Å²) in [6.45, 7) is 14.5. The number of sulfonamides is 1. The van der Waals surface area contributed by atoms with E-state index in [4.69, 9.17) is 4.74 Å². The lowest BCUT2D eigenvalue weighted by Gasteiger charge is -2.37. The van der Waals surface area contributed by atoms with E-state index in [0.29, 0.717) is 24.1 Å². The number of hydrogen-bond donors (Lipinski definition) is 0. The van der Waals surface area contributed by atoms with Crippen LogP contribution in [0.1, 0.15) is 47.1 Å². The monoisotopic (exact) mass is 394 g/mol. The number of benzene rings is 1. The highest BCUT2D eigenvalue weighted by atomic mass is 32.2. The Hall–Kier alpha value is -0.950. The van der Waals surface area contributed by atoms with Crippen LogP contribution in [-0.4, -0.2) is 63.1 Å². The maximum atomic E-state index is 13.4. The van der Waals surface area contributed by atoms with Gasteiger partial charge in [0.25, 0.3) is 0 Å². The van der Waals surface area contributed by atoms with Crippen LogP contribution in [0.15, 0.2) is 4.90 Å². The maximum Gasteiger partial charge on any atom is 0.243 e. The molecule has 27 heavy (non-hydrogen) atoms. The molecule has 0 aliphatic carbocycles. The van der Waals surface area contributed by atoms with E-state index in [1.165, 1.54) is 12.0 Å². The van der Waals surface area contributed by atoms with E-state index < -0.39 is 10.0 Å². The third kappa shape index (κ3) is 4.09. The summed E-state index contributed by atoms with van der Waals surface area (Å²) in [5, 5.41) is 0. The quantitative estimate of drug-likeness (QED) is 0.787. The molecular formula is C21H34N2O3S. The van der Waals surface area contributed by atoms with Crippen LogP contribution >= 0.6 is 0 Å². The van der Waals surface area contributed by atoms with Crippen LogP contribution in [0.25, 0.3) is 0 Å². The van der Waals surface area contributed by atoms with Crippen molar-refractivity contribution in [3.8, 4) is 0 Å². The summed E-state index contributed by atoms with van der Waals surface area (Å²) < 4.78 is 34.4. The average molecular weight is 395 g/mol. The van der Waals surface area contributed by atoms with E-state index in [9.17, 15) is 8.42 Å². The third-order valence-corrected chi connectivity index (χ3v) is 8.77. The van der Waals surface area contributed by atoms with Crippen LogP contribution in [0.2, 0.25) is 0 Å². The molecule has 0 bridgehead atoms. The number of hydrogen-bond acceptors (Lipinski definition) is 4. The Labute approximate surface area is 164 Å². The largest absolute Gasteiger partial charge is 0.377 e. The molecule has 2 fully saturated rings. The molecule has 0 N–H and O–H groups in total. The fourth-order valence-corrected chi connectivity index (χ4v) is 6.36. The highest BCUT2D eigenvalue weighted by Gasteiger charge is 2.33. The molecule has 2 aliphatic heterocycles. The molecule has 2 aliphatic rings. The summed E-state index contributed by atoms with van der Waals surface area (Å²) in [5.41, 5.74) is 5.16. The second-order valence-corrected chi connectivity index (χ2v) is 10.0. The minimum absolute atomic E-state index is 0.314. The molecular weight excluding hydrogens is 360 g/mol. The second-order valence-electron chi connectivity index (χ2n) is 8.15. The maximum absolute atomic E-state index is 13.4. The minimum atomic E-state index is -3.47. The van der Waals surface area contributed by atoms with Gasteiger partial charge in [-0.3, -0.25) is 4.90 Å². The molecule has 1 aromatic carbocycles. The lowest BCUT2D eigenvalue weighted by Crippen LogP contribution is -2.51. The summed E-state index contributed by atoms with van der Waals surface area (Å²) >= 11 is 0. The van der Waals surface area contributed by atoms with Gasteiger partial charge in [-0.25, -0.2) is 8.42 Å². The number of piperazine rings is 1. The number of rotatable bonds is 4. The molecule has 2 heterocycles. The van der Waals surface area contributed by atoms with Crippen LogP contribution in [0.4, 0.5) is 0 Å². The van der Waals surface area contributed by atoms with E-state index in [2.05, 4.69) is 11.8 Å². The lowest BCUT2D eigenvalue weighted by molar-refractivity contribution is -0.0103. The molecule has 0 spiro atoms. The standard InChI is InChI=1S/C21H34N2O3S/c1-15-16(2)18(4)21(19(5)17(15)3)27(24,25)23-11-9-22(10-12-23)14-20-8-6-7-13-26-20/h20H,6-14H2,1-5H3/t20-/m0/s1. The molecule has 1 atom stereocenters. The van der Waals surface area contributed by atoms with E-state index in [1.54, 1.807) is 4.31 Å². The topological polar surface area (TPSA) is 49.9 Å². The minimum Gasteiger partial charge on any atom is -0.377 e. The number of ether oxygens (including phenoxy) is 1. The van der Waals surface area contributed by atoms with Gasteiger partial charge in [-0.15, -0.1) is 0 Å². The first-order chi connectivity index (χ1) is 12.7. The van der Waals surface area contributed by atoms with Gasteiger partial charge in [-0.05, 0) is 81.7 Å². The SMILES string of the molecule is Cc1c(C)c(C)c(S(=O)(=O)N2CCN(C[C@@H]3CCCCO3)CC2)c(C)c1C. The van der Waals surface area contributed by atoms with Gasteiger partial charge in [0.1, 0.15) is 0 Å². The first kappa shape index (κ1) is 20.8. The predicted molar refractivity (Wildman–Crippen MR) is 109 cm³/mol. The van der Waals surface area contributed by atoms with Gasteiger partial charge in [-0.2, -0.15) is 4.31 Å². The lowest BCUT2D eigenvalue weighted by atomic mass is 9.95. The second kappa shape index (κ2) is 8.19. The third-order valence-electron chi connectivity index (χ3n) is 6.60. The van der Waals surface area contributed by atoms with E-state index >= 15 is 0 Å². The normalized spacial score (nSPS) is 22.9. The van der Waals surface area contributed by atoms with Gasteiger partial charge in [0, 0.05) is 39.3 Å².